The second kappa shape index (κ2) is 4.65. The van der Waals surface area contributed by atoms with Gasteiger partial charge in [0, 0.05) is 6.42 Å². The summed E-state index contributed by atoms with van der Waals surface area (Å²) in [5.74, 6) is 5.61. The summed E-state index contributed by atoms with van der Waals surface area (Å²) in [7, 11) is 0. The van der Waals surface area contributed by atoms with Crippen molar-refractivity contribution in [3.8, 4) is 11.8 Å². The number of carbonyl (C=O) groups excluding carboxylic acids is 1. The van der Waals surface area contributed by atoms with Crippen LogP contribution in [-0.2, 0) is 4.74 Å². The number of hydrogen-bond donors (Lipinski definition) is 0. The minimum atomic E-state index is -0.281. The van der Waals surface area contributed by atoms with E-state index in [1.165, 1.54) is 0 Å². The van der Waals surface area contributed by atoms with Crippen LogP contribution in [-0.4, -0.2) is 12.1 Å². The molecular weight excluding hydrogens is 188 g/mol. The average molecular weight is 200 g/mol. The Morgan fingerprint density at radius 1 is 1.33 bits per heavy atom. The molecule has 1 aliphatic carbocycles. The molecule has 15 heavy (non-hydrogen) atoms. The smallest absolute Gasteiger partial charge is 0.339 e. The molecule has 1 aromatic carbocycles. The van der Waals surface area contributed by atoms with Crippen molar-refractivity contribution in [2.24, 2.45) is 0 Å². The summed E-state index contributed by atoms with van der Waals surface area (Å²) in [6.45, 7) is 0. The van der Waals surface area contributed by atoms with Crippen LogP contribution in [0.15, 0.2) is 30.3 Å². The van der Waals surface area contributed by atoms with Gasteiger partial charge in [0.05, 0.1) is 5.56 Å². The maximum atomic E-state index is 11.6. The van der Waals surface area contributed by atoms with Gasteiger partial charge in [-0.1, -0.05) is 30.0 Å². The van der Waals surface area contributed by atoms with Crippen LogP contribution in [0.3, 0.4) is 0 Å². The fourth-order valence-electron chi connectivity index (χ4n) is 1.49. The van der Waals surface area contributed by atoms with Gasteiger partial charge in [0.15, 0.2) is 6.10 Å². The molecule has 2 rings (SSSR count). The van der Waals surface area contributed by atoms with Crippen LogP contribution >= 0.6 is 0 Å². The SMILES string of the molecule is O=C(OC1C#CCCC1)c1ccccc1. The van der Waals surface area contributed by atoms with Crippen LogP contribution in [0, 0.1) is 11.8 Å². The lowest BCUT2D eigenvalue weighted by atomic mass is 10.1. The molecule has 2 heteroatoms. The molecule has 0 radical (unpaired) electrons. The molecule has 0 spiro atoms. The maximum Gasteiger partial charge on any atom is 0.339 e. The molecule has 0 fully saturated rings. The number of esters is 1. The third kappa shape index (κ3) is 2.60. The normalized spacial score (nSPS) is 18.8. The van der Waals surface area contributed by atoms with Gasteiger partial charge in [0.1, 0.15) is 0 Å². The van der Waals surface area contributed by atoms with Gasteiger partial charge in [0.2, 0.25) is 0 Å². The van der Waals surface area contributed by atoms with E-state index in [0.29, 0.717) is 5.56 Å². The van der Waals surface area contributed by atoms with E-state index < -0.39 is 0 Å². The molecule has 1 unspecified atom stereocenters. The van der Waals surface area contributed by atoms with Crippen LogP contribution in [0.5, 0.6) is 0 Å². The summed E-state index contributed by atoms with van der Waals surface area (Å²) in [5, 5.41) is 0. The van der Waals surface area contributed by atoms with E-state index in [0.717, 1.165) is 19.3 Å². The Morgan fingerprint density at radius 3 is 2.80 bits per heavy atom. The van der Waals surface area contributed by atoms with E-state index in [1.807, 2.05) is 18.2 Å². The van der Waals surface area contributed by atoms with Crippen molar-refractivity contribution < 1.29 is 9.53 Å². The fraction of sp³-hybridized carbons (Fsp3) is 0.308. The molecule has 1 aliphatic rings. The summed E-state index contributed by atoms with van der Waals surface area (Å²) in [4.78, 5) is 11.6. The minimum Gasteiger partial charge on any atom is -0.446 e. The lowest BCUT2D eigenvalue weighted by molar-refractivity contribution is 0.0390. The van der Waals surface area contributed by atoms with Gasteiger partial charge in [-0.3, -0.25) is 0 Å². The molecule has 0 heterocycles. The Labute approximate surface area is 89.3 Å². The first kappa shape index (κ1) is 9.79. The van der Waals surface area contributed by atoms with Gasteiger partial charge in [-0.05, 0) is 25.0 Å². The number of ether oxygens (including phenoxy) is 1. The Morgan fingerprint density at radius 2 is 2.13 bits per heavy atom. The lowest BCUT2D eigenvalue weighted by Crippen LogP contribution is -2.18. The zero-order valence-electron chi connectivity index (χ0n) is 8.40. The van der Waals surface area contributed by atoms with Crippen molar-refractivity contribution >= 4 is 5.97 Å². The van der Waals surface area contributed by atoms with Crippen LogP contribution < -0.4 is 0 Å². The molecule has 0 aromatic heterocycles. The topological polar surface area (TPSA) is 26.3 Å². The van der Waals surface area contributed by atoms with Gasteiger partial charge in [-0.2, -0.15) is 0 Å². The van der Waals surface area contributed by atoms with Gasteiger partial charge in [-0.15, -0.1) is 0 Å². The third-order valence-corrected chi connectivity index (χ3v) is 2.29. The molecule has 2 nitrogen and oxygen atoms in total. The van der Waals surface area contributed by atoms with Crippen molar-refractivity contribution in [3.05, 3.63) is 35.9 Å². The maximum absolute atomic E-state index is 11.6. The van der Waals surface area contributed by atoms with E-state index >= 15 is 0 Å². The number of hydrogen-bond acceptors (Lipinski definition) is 2. The third-order valence-electron chi connectivity index (χ3n) is 2.29. The molecule has 0 amide bonds. The van der Waals surface area contributed by atoms with Crippen molar-refractivity contribution in [3.63, 3.8) is 0 Å². The molecule has 0 N–H and O–H groups in total. The molecule has 0 saturated carbocycles. The molecular formula is C13H12O2. The van der Waals surface area contributed by atoms with Gasteiger partial charge in [0.25, 0.3) is 0 Å². The van der Waals surface area contributed by atoms with E-state index in [9.17, 15) is 4.79 Å². The molecule has 0 bridgehead atoms. The van der Waals surface area contributed by atoms with Gasteiger partial charge in [-0.25, -0.2) is 4.79 Å². The highest BCUT2D eigenvalue weighted by molar-refractivity contribution is 5.89. The first-order valence-corrected chi connectivity index (χ1v) is 5.11. The Kier molecular flexibility index (Phi) is 3.04. The van der Waals surface area contributed by atoms with Crippen molar-refractivity contribution in [2.75, 3.05) is 0 Å². The first-order chi connectivity index (χ1) is 7.36. The summed E-state index contributed by atoms with van der Waals surface area (Å²) in [5.41, 5.74) is 0.588. The average Bonchev–Trinajstić information content (AvgIpc) is 2.31. The number of carbonyl (C=O) groups is 1. The predicted molar refractivity (Wildman–Crippen MR) is 57.3 cm³/mol. The zero-order valence-corrected chi connectivity index (χ0v) is 8.40. The summed E-state index contributed by atoms with van der Waals surface area (Å²) in [6, 6.07) is 9.01. The van der Waals surface area contributed by atoms with E-state index in [-0.39, 0.29) is 12.1 Å². The number of benzene rings is 1. The van der Waals surface area contributed by atoms with Crippen molar-refractivity contribution in [2.45, 2.75) is 25.4 Å². The largest absolute Gasteiger partial charge is 0.446 e. The van der Waals surface area contributed by atoms with E-state index in [4.69, 9.17) is 4.74 Å². The zero-order chi connectivity index (χ0) is 10.5. The fourth-order valence-corrected chi connectivity index (χ4v) is 1.49. The van der Waals surface area contributed by atoms with Crippen LogP contribution in [0.1, 0.15) is 29.6 Å². The molecule has 1 aromatic rings. The highest BCUT2D eigenvalue weighted by atomic mass is 16.5. The van der Waals surface area contributed by atoms with Crippen molar-refractivity contribution in [1.82, 2.24) is 0 Å². The Balaban J connectivity index is 2.00. The molecule has 1 atom stereocenters. The molecule has 0 aliphatic heterocycles. The van der Waals surface area contributed by atoms with E-state index in [1.54, 1.807) is 12.1 Å². The summed E-state index contributed by atoms with van der Waals surface area (Å²) >= 11 is 0. The van der Waals surface area contributed by atoms with Gasteiger partial charge < -0.3 is 4.74 Å². The Bertz CT molecular complexity index is 398. The monoisotopic (exact) mass is 200 g/mol. The second-order valence-electron chi connectivity index (χ2n) is 3.47. The standard InChI is InChI=1S/C13H12O2/c14-13(11-7-3-1-4-8-11)15-12-9-5-2-6-10-12/h1,3-4,7-8,12H,2,5,9H2. The quantitative estimate of drug-likeness (QED) is 0.541. The van der Waals surface area contributed by atoms with E-state index in [2.05, 4.69) is 11.8 Å². The van der Waals surface area contributed by atoms with Crippen LogP contribution in [0.25, 0.3) is 0 Å². The van der Waals surface area contributed by atoms with Crippen molar-refractivity contribution in [1.29, 1.82) is 0 Å². The molecule has 76 valence electrons. The van der Waals surface area contributed by atoms with Crippen LogP contribution in [0.2, 0.25) is 0 Å². The van der Waals surface area contributed by atoms with Gasteiger partial charge >= 0.3 is 5.97 Å². The predicted octanol–water partition coefficient (Wildman–Crippen LogP) is 2.40. The first-order valence-electron chi connectivity index (χ1n) is 5.11. The van der Waals surface area contributed by atoms with Crippen LogP contribution in [0.4, 0.5) is 0 Å². The second-order valence-corrected chi connectivity index (χ2v) is 3.47. The number of rotatable bonds is 2. The summed E-state index contributed by atoms with van der Waals surface area (Å²) < 4.78 is 5.26. The molecule has 0 saturated heterocycles. The summed E-state index contributed by atoms with van der Waals surface area (Å²) in [6.07, 6.45) is 2.57. The lowest BCUT2D eigenvalue weighted by Gasteiger charge is -2.14. The highest BCUT2D eigenvalue weighted by Gasteiger charge is 2.14. The minimum absolute atomic E-state index is 0.216. The Hall–Kier alpha value is -1.75. The highest BCUT2D eigenvalue weighted by Crippen LogP contribution is 2.11.